The lowest BCUT2D eigenvalue weighted by atomic mass is 10.2. The fraction of sp³-hybridized carbons (Fsp3) is 0.190. The molecule has 1 heterocycles. The predicted octanol–water partition coefficient (Wildman–Crippen LogP) is 2.44. The van der Waals surface area contributed by atoms with Gasteiger partial charge < -0.3 is 9.64 Å². The van der Waals surface area contributed by atoms with Crippen molar-refractivity contribution in [2.45, 2.75) is 16.2 Å². The Morgan fingerprint density at radius 3 is 2.48 bits per heavy atom. The SMILES string of the molecule is CN1/C(=C(\C#N)C(=O)COC(=O)CCNS(=O)(=O)c2ccccc2)Sc2ccccc21. The van der Waals surface area contributed by atoms with Crippen LogP contribution >= 0.6 is 11.8 Å². The first kappa shape index (κ1) is 22.6. The van der Waals surface area contributed by atoms with Crippen molar-refractivity contribution in [2.24, 2.45) is 0 Å². The zero-order valence-electron chi connectivity index (χ0n) is 16.6. The number of nitriles is 1. The number of ether oxygens (including phenoxy) is 1. The van der Waals surface area contributed by atoms with Crippen molar-refractivity contribution in [2.75, 3.05) is 25.1 Å². The van der Waals surface area contributed by atoms with E-state index in [1.807, 2.05) is 30.3 Å². The summed E-state index contributed by atoms with van der Waals surface area (Å²) in [5.41, 5.74) is 0.784. The van der Waals surface area contributed by atoms with Crippen LogP contribution in [0.4, 0.5) is 5.69 Å². The Hall–Kier alpha value is -3.13. The second-order valence-corrected chi connectivity index (χ2v) is 9.26. The Labute approximate surface area is 184 Å². The summed E-state index contributed by atoms with van der Waals surface area (Å²) in [6, 6.07) is 17.1. The number of hydrogen-bond donors (Lipinski definition) is 1. The number of sulfonamides is 1. The van der Waals surface area contributed by atoms with Crippen LogP contribution in [-0.4, -0.2) is 40.4 Å². The van der Waals surface area contributed by atoms with E-state index in [0.29, 0.717) is 5.03 Å². The van der Waals surface area contributed by atoms with E-state index in [9.17, 15) is 23.3 Å². The van der Waals surface area contributed by atoms with Crippen molar-refractivity contribution in [3.05, 3.63) is 65.2 Å². The molecule has 0 atom stereocenters. The number of fused-ring (bicyclic) bond motifs is 1. The molecule has 2 aromatic carbocycles. The monoisotopic (exact) mass is 457 g/mol. The number of Topliss-reactive ketones (excluding diaryl/α,β-unsaturated/α-hetero) is 1. The van der Waals surface area contributed by atoms with E-state index in [1.54, 1.807) is 30.1 Å². The molecular weight excluding hydrogens is 438 g/mol. The van der Waals surface area contributed by atoms with Gasteiger partial charge in [-0.15, -0.1) is 0 Å². The number of carbonyl (C=O) groups is 2. The molecule has 0 radical (unpaired) electrons. The Balaban J connectivity index is 1.53. The molecule has 3 rings (SSSR count). The molecule has 0 aromatic heterocycles. The van der Waals surface area contributed by atoms with Crippen LogP contribution in [0.1, 0.15) is 6.42 Å². The predicted molar refractivity (Wildman–Crippen MR) is 116 cm³/mol. The highest BCUT2D eigenvalue weighted by Gasteiger charge is 2.28. The van der Waals surface area contributed by atoms with Crippen LogP contribution in [0.5, 0.6) is 0 Å². The molecule has 0 aliphatic carbocycles. The average molecular weight is 458 g/mol. The van der Waals surface area contributed by atoms with Crippen molar-refractivity contribution in [3.8, 4) is 6.07 Å². The maximum absolute atomic E-state index is 12.5. The molecule has 0 spiro atoms. The maximum Gasteiger partial charge on any atom is 0.307 e. The third-order valence-corrected chi connectivity index (χ3v) is 7.09. The van der Waals surface area contributed by atoms with E-state index in [1.165, 1.54) is 23.9 Å². The lowest BCUT2D eigenvalue weighted by Crippen LogP contribution is -2.27. The van der Waals surface area contributed by atoms with E-state index >= 15 is 0 Å². The zero-order valence-corrected chi connectivity index (χ0v) is 18.2. The third kappa shape index (κ3) is 5.32. The Bertz CT molecular complexity index is 1170. The lowest BCUT2D eigenvalue weighted by Gasteiger charge is -2.14. The number of carbonyl (C=O) groups excluding carboxylic acids is 2. The van der Waals surface area contributed by atoms with Gasteiger partial charge in [-0.1, -0.05) is 42.1 Å². The summed E-state index contributed by atoms with van der Waals surface area (Å²) in [7, 11) is -1.98. The van der Waals surface area contributed by atoms with Crippen molar-refractivity contribution < 1.29 is 22.7 Å². The summed E-state index contributed by atoms with van der Waals surface area (Å²) in [6.45, 7) is -0.772. The first-order valence-corrected chi connectivity index (χ1v) is 11.5. The minimum absolute atomic E-state index is 0.0861. The Morgan fingerprint density at radius 1 is 1.13 bits per heavy atom. The van der Waals surface area contributed by atoms with Gasteiger partial charge in [0.15, 0.2) is 6.61 Å². The van der Waals surface area contributed by atoms with Gasteiger partial charge in [0, 0.05) is 18.5 Å². The Kier molecular flexibility index (Phi) is 7.12. The van der Waals surface area contributed by atoms with Crippen LogP contribution in [0.25, 0.3) is 0 Å². The van der Waals surface area contributed by atoms with Crippen LogP contribution < -0.4 is 9.62 Å². The number of nitrogens with zero attached hydrogens (tertiary/aromatic N) is 2. The van der Waals surface area contributed by atoms with Gasteiger partial charge in [-0.2, -0.15) is 5.26 Å². The van der Waals surface area contributed by atoms with Crippen LogP contribution in [0.2, 0.25) is 0 Å². The fourth-order valence-corrected chi connectivity index (χ4v) is 5.03. The number of rotatable bonds is 8. The van der Waals surface area contributed by atoms with Gasteiger partial charge in [0.25, 0.3) is 0 Å². The second kappa shape index (κ2) is 9.78. The molecule has 0 saturated carbocycles. The number of anilines is 1. The molecule has 1 aliphatic heterocycles. The van der Waals surface area contributed by atoms with Gasteiger partial charge >= 0.3 is 5.97 Å². The van der Waals surface area contributed by atoms with Crippen LogP contribution in [0.3, 0.4) is 0 Å². The van der Waals surface area contributed by atoms with Gasteiger partial charge in [0.1, 0.15) is 16.7 Å². The molecule has 31 heavy (non-hydrogen) atoms. The van der Waals surface area contributed by atoms with Gasteiger partial charge in [-0.3, -0.25) is 9.59 Å². The summed E-state index contributed by atoms with van der Waals surface area (Å²) in [5, 5.41) is 9.94. The zero-order chi connectivity index (χ0) is 22.4. The molecule has 10 heteroatoms. The molecular formula is C21H19N3O5S2. The molecule has 0 saturated heterocycles. The smallest absolute Gasteiger partial charge is 0.307 e. The van der Waals surface area contributed by atoms with Gasteiger partial charge in [0.2, 0.25) is 15.8 Å². The highest BCUT2D eigenvalue weighted by Crippen LogP contribution is 2.46. The standard InChI is InChI=1S/C21H19N3O5S2/c1-24-17-9-5-6-10-19(17)30-21(24)16(13-22)18(25)14-29-20(26)11-12-23-31(27,28)15-7-3-2-4-8-15/h2-10,23H,11-12,14H2,1H3/b21-16-. The normalized spacial score (nSPS) is 14.5. The summed E-state index contributed by atoms with van der Waals surface area (Å²) < 4.78 is 31.5. The van der Waals surface area contributed by atoms with Gasteiger partial charge in [-0.05, 0) is 24.3 Å². The number of benzene rings is 2. The van der Waals surface area contributed by atoms with E-state index in [2.05, 4.69) is 4.72 Å². The molecule has 160 valence electrons. The molecule has 0 bridgehead atoms. The average Bonchev–Trinajstić information content (AvgIpc) is 3.10. The molecule has 0 fully saturated rings. The van der Waals surface area contributed by atoms with Crippen molar-refractivity contribution in [1.82, 2.24) is 4.72 Å². The lowest BCUT2D eigenvalue weighted by molar-refractivity contribution is -0.146. The minimum atomic E-state index is -3.73. The number of esters is 1. The second-order valence-electron chi connectivity index (χ2n) is 6.47. The van der Waals surface area contributed by atoms with E-state index in [4.69, 9.17) is 4.74 Å². The molecule has 8 nitrogen and oxygen atoms in total. The highest BCUT2D eigenvalue weighted by molar-refractivity contribution is 8.03. The van der Waals surface area contributed by atoms with Crippen molar-refractivity contribution in [1.29, 1.82) is 5.26 Å². The number of thioether (sulfide) groups is 1. The quantitative estimate of drug-likeness (QED) is 0.365. The van der Waals surface area contributed by atoms with Crippen molar-refractivity contribution >= 4 is 39.2 Å². The van der Waals surface area contributed by atoms with Crippen LogP contribution in [0, 0.1) is 11.3 Å². The molecule has 1 aliphatic rings. The first-order valence-electron chi connectivity index (χ1n) is 9.22. The van der Waals surface area contributed by atoms with E-state index in [0.717, 1.165) is 10.6 Å². The van der Waals surface area contributed by atoms with Gasteiger partial charge in [0.05, 0.1) is 17.0 Å². The largest absolute Gasteiger partial charge is 0.457 e. The topological polar surface area (TPSA) is 117 Å². The minimum Gasteiger partial charge on any atom is -0.457 e. The molecule has 0 amide bonds. The maximum atomic E-state index is 12.5. The van der Waals surface area contributed by atoms with E-state index in [-0.39, 0.29) is 23.4 Å². The van der Waals surface area contributed by atoms with Gasteiger partial charge in [-0.25, -0.2) is 13.1 Å². The number of para-hydroxylation sites is 1. The molecule has 0 unspecified atom stereocenters. The first-order chi connectivity index (χ1) is 14.8. The summed E-state index contributed by atoms with van der Waals surface area (Å²) >= 11 is 1.30. The fourth-order valence-electron chi connectivity index (χ4n) is 2.81. The summed E-state index contributed by atoms with van der Waals surface area (Å²) in [6.07, 6.45) is -0.252. The highest BCUT2D eigenvalue weighted by atomic mass is 32.2. The van der Waals surface area contributed by atoms with Crippen molar-refractivity contribution in [3.63, 3.8) is 0 Å². The molecule has 2 aromatic rings. The van der Waals surface area contributed by atoms with Crippen LogP contribution in [-0.2, 0) is 24.3 Å². The molecule has 1 N–H and O–H groups in total. The third-order valence-electron chi connectivity index (χ3n) is 4.38. The number of nitrogens with one attached hydrogen (secondary N) is 1. The summed E-state index contributed by atoms with van der Waals surface area (Å²) in [4.78, 5) is 27.1. The van der Waals surface area contributed by atoms with Crippen LogP contribution in [0.15, 0.2) is 75.0 Å². The Morgan fingerprint density at radius 2 is 1.81 bits per heavy atom. The number of hydrogen-bond acceptors (Lipinski definition) is 8. The number of ketones is 1. The summed E-state index contributed by atoms with van der Waals surface area (Å²) in [5.74, 6) is -1.37. The van der Waals surface area contributed by atoms with E-state index < -0.39 is 28.4 Å².